The number of carbonyl (C=O) groups excluding carboxylic acids is 1. The Hall–Kier alpha value is -1.55. The lowest BCUT2D eigenvalue weighted by Gasteiger charge is -2.29. The molecule has 2 rings (SSSR count). The van der Waals surface area contributed by atoms with E-state index in [4.69, 9.17) is 10.5 Å². The van der Waals surface area contributed by atoms with Gasteiger partial charge in [0, 0.05) is 37.9 Å². The number of nitrogen functional groups attached to an aromatic ring is 1. The molecule has 0 saturated carbocycles. The highest BCUT2D eigenvalue weighted by Gasteiger charge is 2.26. The summed E-state index contributed by atoms with van der Waals surface area (Å²) in [5, 5.41) is 0. The predicted molar refractivity (Wildman–Crippen MR) is 80.1 cm³/mol. The van der Waals surface area contributed by atoms with E-state index in [-0.39, 0.29) is 11.8 Å². The molecule has 0 aromatic heterocycles. The molecule has 20 heavy (non-hydrogen) atoms. The third kappa shape index (κ3) is 3.73. The number of nitrogens with zero attached hydrogens (tertiary/aromatic N) is 1. The number of anilines is 1. The zero-order chi connectivity index (χ0) is 14.4. The zero-order valence-electron chi connectivity index (χ0n) is 12.2. The first-order valence-electron chi connectivity index (χ1n) is 7.42. The number of amides is 1. The van der Waals surface area contributed by atoms with Crippen molar-refractivity contribution in [3.05, 3.63) is 29.8 Å². The summed E-state index contributed by atoms with van der Waals surface area (Å²) in [7, 11) is 0. The second-order valence-electron chi connectivity index (χ2n) is 5.35. The summed E-state index contributed by atoms with van der Waals surface area (Å²) < 4.78 is 5.34. The van der Waals surface area contributed by atoms with Gasteiger partial charge in [0.15, 0.2) is 0 Å². The maximum absolute atomic E-state index is 12.6. The largest absolute Gasteiger partial charge is 0.398 e. The Morgan fingerprint density at radius 3 is 2.70 bits per heavy atom. The molecule has 0 spiro atoms. The molecule has 4 heteroatoms. The van der Waals surface area contributed by atoms with Crippen molar-refractivity contribution in [2.24, 2.45) is 5.92 Å². The molecule has 1 aliphatic heterocycles. The van der Waals surface area contributed by atoms with Gasteiger partial charge in [-0.2, -0.15) is 0 Å². The number of hydrogen-bond acceptors (Lipinski definition) is 3. The Kier molecular flexibility index (Phi) is 5.41. The molecule has 1 saturated heterocycles. The standard InChI is InChI=1S/C16H24N2O2/c1-2-9-18(12-14-5-3-4-6-15(14)17)16(19)13-7-10-20-11-8-13/h3-6,13H,2,7-12,17H2,1H3. The number of carbonyl (C=O) groups is 1. The first kappa shape index (κ1) is 14.9. The number of para-hydroxylation sites is 1. The Morgan fingerprint density at radius 2 is 2.05 bits per heavy atom. The lowest BCUT2D eigenvalue weighted by Crippen LogP contribution is -2.38. The summed E-state index contributed by atoms with van der Waals surface area (Å²) in [5.74, 6) is 0.360. The van der Waals surface area contributed by atoms with Gasteiger partial charge in [-0.25, -0.2) is 0 Å². The average molecular weight is 276 g/mol. The lowest BCUT2D eigenvalue weighted by molar-refractivity contribution is -0.139. The van der Waals surface area contributed by atoms with Crippen LogP contribution in [0.1, 0.15) is 31.7 Å². The number of benzene rings is 1. The van der Waals surface area contributed by atoms with Gasteiger partial charge in [0.1, 0.15) is 0 Å². The van der Waals surface area contributed by atoms with Crippen LogP contribution in [0.4, 0.5) is 5.69 Å². The fraction of sp³-hybridized carbons (Fsp3) is 0.562. The second-order valence-corrected chi connectivity index (χ2v) is 5.35. The van der Waals surface area contributed by atoms with E-state index in [1.165, 1.54) is 0 Å². The van der Waals surface area contributed by atoms with E-state index in [1.54, 1.807) is 0 Å². The SMILES string of the molecule is CCCN(Cc1ccccc1N)C(=O)C1CCOCC1. The maximum Gasteiger partial charge on any atom is 0.226 e. The van der Waals surface area contributed by atoms with Crippen LogP contribution in [0.5, 0.6) is 0 Å². The Morgan fingerprint density at radius 1 is 1.35 bits per heavy atom. The first-order valence-corrected chi connectivity index (χ1v) is 7.42. The van der Waals surface area contributed by atoms with Gasteiger partial charge >= 0.3 is 0 Å². The van der Waals surface area contributed by atoms with Crippen molar-refractivity contribution in [2.75, 3.05) is 25.5 Å². The molecule has 0 unspecified atom stereocenters. The van der Waals surface area contributed by atoms with Crippen molar-refractivity contribution in [2.45, 2.75) is 32.7 Å². The summed E-state index contributed by atoms with van der Waals surface area (Å²) in [6.45, 7) is 4.88. The highest BCUT2D eigenvalue weighted by atomic mass is 16.5. The fourth-order valence-corrected chi connectivity index (χ4v) is 2.62. The summed E-state index contributed by atoms with van der Waals surface area (Å²) in [4.78, 5) is 14.6. The van der Waals surface area contributed by atoms with Gasteiger partial charge in [-0.3, -0.25) is 4.79 Å². The number of nitrogens with two attached hydrogens (primary N) is 1. The van der Waals surface area contributed by atoms with Crippen molar-refractivity contribution >= 4 is 11.6 Å². The van der Waals surface area contributed by atoms with Crippen LogP contribution < -0.4 is 5.73 Å². The fourth-order valence-electron chi connectivity index (χ4n) is 2.62. The van der Waals surface area contributed by atoms with Crippen molar-refractivity contribution in [1.82, 2.24) is 4.90 Å². The molecule has 1 fully saturated rings. The van der Waals surface area contributed by atoms with Gasteiger partial charge in [0.25, 0.3) is 0 Å². The molecule has 1 amide bonds. The molecular formula is C16H24N2O2. The minimum atomic E-state index is 0.111. The van der Waals surface area contributed by atoms with Crippen molar-refractivity contribution in [3.63, 3.8) is 0 Å². The van der Waals surface area contributed by atoms with E-state index in [0.717, 1.165) is 37.1 Å². The van der Waals surface area contributed by atoms with Crippen LogP contribution in [0.25, 0.3) is 0 Å². The minimum Gasteiger partial charge on any atom is -0.398 e. The van der Waals surface area contributed by atoms with E-state index >= 15 is 0 Å². The molecule has 1 aromatic carbocycles. The third-order valence-electron chi connectivity index (χ3n) is 3.79. The van der Waals surface area contributed by atoms with Crippen LogP contribution in [0.15, 0.2) is 24.3 Å². The molecule has 4 nitrogen and oxygen atoms in total. The summed E-state index contributed by atoms with van der Waals surface area (Å²) in [6.07, 6.45) is 2.63. The summed E-state index contributed by atoms with van der Waals surface area (Å²) in [6, 6.07) is 7.77. The normalized spacial score (nSPS) is 16.1. The number of hydrogen-bond donors (Lipinski definition) is 1. The molecule has 0 bridgehead atoms. The summed E-state index contributed by atoms with van der Waals surface area (Å²) >= 11 is 0. The quantitative estimate of drug-likeness (QED) is 0.840. The van der Waals surface area contributed by atoms with Gasteiger partial charge in [-0.15, -0.1) is 0 Å². The molecule has 110 valence electrons. The molecule has 1 aliphatic rings. The Labute approximate surface area is 120 Å². The van der Waals surface area contributed by atoms with Gasteiger partial charge in [0.2, 0.25) is 5.91 Å². The summed E-state index contributed by atoms with van der Waals surface area (Å²) in [5.41, 5.74) is 7.77. The lowest BCUT2D eigenvalue weighted by atomic mass is 9.98. The molecule has 0 radical (unpaired) electrons. The van der Waals surface area contributed by atoms with E-state index in [9.17, 15) is 4.79 Å². The van der Waals surface area contributed by atoms with Crippen LogP contribution in [-0.2, 0) is 16.1 Å². The number of rotatable bonds is 5. The monoisotopic (exact) mass is 276 g/mol. The predicted octanol–water partition coefficient (Wildman–Crippen LogP) is 2.43. The number of ether oxygens (including phenoxy) is 1. The highest BCUT2D eigenvalue weighted by Crippen LogP contribution is 2.21. The Bertz CT molecular complexity index is 442. The first-order chi connectivity index (χ1) is 9.72. The molecule has 0 aliphatic carbocycles. The van der Waals surface area contributed by atoms with Crippen molar-refractivity contribution in [1.29, 1.82) is 0 Å². The minimum absolute atomic E-state index is 0.111. The van der Waals surface area contributed by atoms with Crippen LogP contribution >= 0.6 is 0 Å². The van der Waals surface area contributed by atoms with E-state index < -0.39 is 0 Å². The van der Waals surface area contributed by atoms with Crippen molar-refractivity contribution < 1.29 is 9.53 Å². The van der Waals surface area contributed by atoms with Gasteiger partial charge < -0.3 is 15.4 Å². The van der Waals surface area contributed by atoms with Gasteiger partial charge in [-0.05, 0) is 30.9 Å². The van der Waals surface area contributed by atoms with Gasteiger partial charge in [-0.1, -0.05) is 25.1 Å². The molecule has 2 N–H and O–H groups in total. The van der Waals surface area contributed by atoms with Crippen LogP contribution in [0, 0.1) is 5.92 Å². The average Bonchev–Trinajstić information content (AvgIpc) is 2.49. The van der Waals surface area contributed by atoms with Crippen LogP contribution in [-0.4, -0.2) is 30.6 Å². The Balaban J connectivity index is 2.06. The van der Waals surface area contributed by atoms with Crippen molar-refractivity contribution in [3.8, 4) is 0 Å². The highest BCUT2D eigenvalue weighted by molar-refractivity contribution is 5.79. The van der Waals surface area contributed by atoms with E-state index in [0.29, 0.717) is 19.8 Å². The van der Waals surface area contributed by atoms with Gasteiger partial charge in [0.05, 0.1) is 0 Å². The van der Waals surface area contributed by atoms with Crippen LogP contribution in [0.2, 0.25) is 0 Å². The topological polar surface area (TPSA) is 55.6 Å². The molecule has 0 atom stereocenters. The maximum atomic E-state index is 12.6. The molecule has 1 heterocycles. The third-order valence-corrected chi connectivity index (χ3v) is 3.79. The molecular weight excluding hydrogens is 252 g/mol. The molecule has 1 aromatic rings. The second kappa shape index (κ2) is 7.29. The van der Waals surface area contributed by atoms with E-state index in [1.807, 2.05) is 29.2 Å². The smallest absolute Gasteiger partial charge is 0.226 e. The van der Waals surface area contributed by atoms with Crippen LogP contribution in [0.3, 0.4) is 0 Å². The zero-order valence-corrected chi connectivity index (χ0v) is 12.2. The van der Waals surface area contributed by atoms with E-state index in [2.05, 4.69) is 6.92 Å².